The van der Waals surface area contributed by atoms with Crippen LogP contribution in [-0.4, -0.2) is 5.91 Å². The van der Waals surface area contributed by atoms with Crippen LogP contribution in [0.3, 0.4) is 0 Å². The first-order chi connectivity index (χ1) is 11.6. The molecule has 122 valence electrons. The molecule has 1 heterocycles. The van der Waals surface area contributed by atoms with Crippen molar-refractivity contribution in [2.75, 3.05) is 5.32 Å². The molecular formula is C20H19NO2S. The van der Waals surface area contributed by atoms with E-state index in [2.05, 4.69) is 5.32 Å². The van der Waals surface area contributed by atoms with E-state index in [4.69, 9.17) is 4.74 Å². The minimum atomic E-state index is -0.0836. The van der Waals surface area contributed by atoms with Crippen LogP contribution >= 0.6 is 11.3 Å². The number of ether oxygens (including phenoxy) is 1. The van der Waals surface area contributed by atoms with E-state index in [9.17, 15) is 4.79 Å². The highest BCUT2D eigenvalue weighted by atomic mass is 32.1. The van der Waals surface area contributed by atoms with Gasteiger partial charge in [-0.15, -0.1) is 11.3 Å². The van der Waals surface area contributed by atoms with Gasteiger partial charge in [0.1, 0.15) is 12.4 Å². The van der Waals surface area contributed by atoms with Gasteiger partial charge in [-0.1, -0.05) is 30.3 Å². The highest BCUT2D eigenvalue weighted by Gasteiger charge is 2.11. The van der Waals surface area contributed by atoms with Gasteiger partial charge in [0.2, 0.25) is 0 Å². The van der Waals surface area contributed by atoms with Crippen LogP contribution in [0.2, 0.25) is 0 Å². The van der Waals surface area contributed by atoms with Crippen molar-refractivity contribution in [3.8, 4) is 5.75 Å². The van der Waals surface area contributed by atoms with E-state index in [1.54, 1.807) is 0 Å². The predicted octanol–water partition coefficient (Wildman–Crippen LogP) is 5.20. The lowest BCUT2D eigenvalue weighted by Crippen LogP contribution is -2.11. The molecule has 1 aromatic heterocycles. The first-order valence-electron chi connectivity index (χ1n) is 7.76. The lowest BCUT2D eigenvalue weighted by Gasteiger charge is -2.09. The molecule has 0 unspecified atom stereocenters. The SMILES string of the molecule is Cc1cccc(NC(=O)c2cc(COc3ccccc3)cs2)c1C. The minimum absolute atomic E-state index is 0.0836. The largest absolute Gasteiger partial charge is 0.489 e. The topological polar surface area (TPSA) is 38.3 Å². The molecule has 0 radical (unpaired) electrons. The van der Waals surface area contributed by atoms with Crippen molar-refractivity contribution in [3.05, 3.63) is 81.5 Å². The number of carbonyl (C=O) groups is 1. The van der Waals surface area contributed by atoms with Crippen LogP contribution < -0.4 is 10.1 Å². The number of nitrogens with one attached hydrogen (secondary N) is 1. The van der Waals surface area contributed by atoms with Gasteiger partial charge in [-0.05, 0) is 54.6 Å². The molecule has 1 N–H and O–H groups in total. The van der Waals surface area contributed by atoms with Crippen LogP contribution in [0.4, 0.5) is 5.69 Å². The third-order valence-corrected chi connectivity index (χ3v) is 4.86. The van der Waals surface area contributed by atoms with Crippen LogP contribution in [0.25, 0.3) is 0 Å². The van der Waals surface area contributed by atoms with Crippen molar-refractivity contribution in [2.45, 2.75) is 20.5 Å². The van der Waals surface area contributed by atoms with E-state index in [0.717, 1.165) is 28.1 Å². The quantitative estimate of drug-likeness (QED) is 0.695. The Hall–Kier alpha value is -2.59. The molecule has 3 aromatic rings. The van der Waals surface area contributed by atoms with Crippen molar-refractivity contribution in [1.82, 2.24) is 0 Å². The normalized spacial score (nSPS) is 10.4. The first-order valence-corrected chi connectivity index (χ1v) is 8.64. The van der Waals surface area contributed by atoms with Crippen LogP contribution in [0.15, 0.2) is 60.0 Å². The van der Waals surface area contributed by atoms with Gasteiger partial charge in [0.25, 0.3) is 5.91 Å². The number of rotatable bonds is 5. The molecule has 1 amide bonds. The van der Waals surface area contributed by atoms with Gasteiger partial charge >= 0.3 is 0 Å². The fourth-order valence-corrected chi connectivity index (χ4v) is 3.12. The van der Waals surface area contributed by atoms with Gasteiger partial charge in [-0.2, -0.15) is 0 Å². The average Bonchev–Trinajstić information content (AvgIpc) is 3.07. The van der Waals surface area contributed by atoms with Crippen molar-refractivity contribution in [1.29, 1.82) is 0 Å². The number of benzene rings is 2. The van der Waals surface area contributed by atoms with Crippen LogP contribution in [0.5, 0.6) is 5.75 Å². The van der Waals surface area contributed by atoms with Gasteiger partial charge in [-0.3, -0.25) is 4.79 Å². The lowest BCUT2D eigenvalue weighted by atomic mass is 10.1. The number of hydrogen-bond acceptors (Lipinski definition) is 3. The third kappa shape index (κ3) is 3.84. The Morgan fingerprint density at radius 2 is 1.88 bits per heavy atom. The molecule has 0 aliphatic heterocycles. The van der Waals surface area contributed by atoms with E-state index in [1.165, 1.54) is 11.3 Å². The maximum Gasteiger partial charge on any atom is 0.265 e. The Kier molecular flexibility index (Phi) is 4.96. The molecule has 3 nitrogen and oxygen atoms in total. The maximum absolute atomic E-state index is 12.4. The molecule has 24 heavy (non-hydrogen) atoms. The van der Waals surface area contributed by atoms with E-state index in [1.807, 2.05) is 73.8 Å². The Bertz CT molecular complexity index is 840. The number of thiophene rings is 1. The molecule has 4 heteroatoms. The Balaban J connectivity index is 1.64. The minimum Gasteiger partial charge on any atom is -0.489 e. The summed E-state index contributed by atoms with van der Waals surface area (Å²) in [5, 5.41) is 4.94. The molecule has 0 saturated heterocycles. The molecule has 0 aliphatic carbocycles. The van der Waals surface area contributed by atoms with Crippen molar-refractivity contribution in [3.63, 3.8) is 0 Å². The number of hydrogen-bond donors (Lipinski definition) is 1. The Morgan fingerprint density at radius 1 is 1.08 bits per heavy atom. The summed E-state index contributed by atoms with van der Waals surface area (Å²) in [6.45, 7) is 4.50. The number of carbonyl (C=O) groups excluding carboxylic acids is 1. The summed E-state index contributed by atoms with van der Waals surface area (Å²) in [5.74, 6) is 0.741. The van der Waals surface area contributed by atoms with Crippen molar-refractivity contribution >= 4 is 22.9 Å². The average molecular weight is 337 g/mol. The van der Waals surface area contributed by atoms with Gasteiger partial charge in [0.05, 0.1) is 4.88 Å². The molecule has 0 atom stereocenters. The zero-order valence-corrected chi connectivity index (χ0v) is 14.5. The summed E-state index contributed by atoms with van der Waals surface area (Å²) in [6.07, 6.45) is 0. The zero-order valence-electron chi connectivity index (χ0n) is 13.7. The lowest BCUT2D eigenvalue weighted by molar-refractivity contribution is 0.103. The summed E-state index contributed by atoms with van der Waals surface area (Å²) in [7, 11) is 0. The molecule has 2 aromatic carbocycles. The summed E-state index contributed by atoms with van der Waals surface area (Å²) in [5.41, 5.74) is 4.11. The highest BCUT2D eigenvalue weighted by molar-refractivity contribution is 7.12. The fraction of sp³-hybridized carbons (Fsp3) is 0.150. The number of aryl methyl sites for hydroxylation is 1. The first kappa shape index (κ1) is 16.3. The number of para-hydroxylation sites is 1. The molecule has 0 saturated carbocycles. The molecule has 0 fully saturated rings. The van der Waals surface area contributed by atoms with Crippen LogP contribution in [0.1, 0.15) is 26.4 Å². The molecule has 0 aliphatic rings. The molecule has 0 spiro atoms. The van der Waals surface area contributed by atoms with Gasteiger partial charge in [-0.25, -0.2) is 0 Å². The molecule has 0 bridgehead atoms. The van der Waals surface area contributed by atoms with Crippen LogP contribution in [0, 0.1) is 13.8 Å². The molecule has 3 rings (SSSR count). The van der Waals surface area contributed by atoms with Gasteiger partial charge in [0.15, 0.2) is 0 Å². The predicted molar refractivity (Wildman–Crippen MR) is 99.0 cm³/mol. The van der Waals surface area contributed by atoms with Crippen molar-refractivity contribution < 1.29 is 9.53 Å². The Morgan fingerprint density at radius 3 is 2.67 bits per heavy atom. The third-order valence-electron chi connectivity index (χ3n) is 3.88. The second-order valence-corrected chi connectivity index (χ2v) is 6.53. The number of anilines is 1. The summed E-state index contributed by atoms with van der Waals surface area (Å²) in [4.78, 5) is 13.1. The number of amides is 1. The van der Waals surface area contributed by atoms with Gasteiger partial charge in [0, 0.05) is 11.3 Å². The monoisotopic (exact) mass is 337 g/mol. The maximum atomic E-state index is 12.4. The Labute approximate surface area is 145 Å². The van der Waals surface area contributed by atoms with E-state index >= 15 is 0 Å². The second-order valence-electron chi connectivity index (χ2n) is 5.62. The summed E-state index contributed by atoms with van der Waals surface area (Å²) in [6, 6.07) is 17.5. The zero-order chi connectivity index (χ0) is 16.9. The van der Waals surface area contributed by atoms with E-state index in [0.29, 0.717) is 11.5 Å². The van der Waals surface area contributed by atoms with Crippen LogP contribution in [-0.2, 0) is 6.61 Å². The van der Waals surface area contributed by atoms with E-state index < -0.39 is 0 Å². The summed E-state index contributed by atoms with van der Waals surface area (Å²) >= 11 is 1.43. The standard InChI is InChI=1S/C20H19NO2S/c1-14-7-6-10-18(15(14)2)21-20(22)19-11-16(13-24-19)12-23-17-8-4-3-5-9-17/h3-11,13H,12H2,1-2H3,(H,21,22). The molecular weight excluding hydrogens is 318 g/mol. The highest BCUT2D eigenvalue weighted by Crippen LogP contribution is 2.22. The van der Waals surface area contributed by atoms with Gasteiger partial charge < -0.3 is 10.1 Å². The summed E-state index contributed by atoms with van der Waals surface area (Å²) < 4.78 is 5.71. The smallest absolute Gasteiger partial charge is 0.265 e. The fourth-order valence-electron chi connectivity index (χ4n) is 2.32. The van der Waals surface area contributed by atoms with E-state index in [-0.39, 0.29) is 5.91 Å². The second kappa shape index (κ2) is 7.32. The van der Waals surface area contributed by atoms with Crippen molar-refractivity contribution in [2.24, 2.45) is 0 Å².